The highest BCUT2D eigenvalue weighted by Crippen LogP contribution is 2.48. The van der Waals surface area contributed by atoms with Gasteiger partial charge in [0.1, 0.15) is 23.0 Å². The number of nitrogens with zero attached hydrogens (tertiary/aromatic N) is 3. The molecule has 234 valence electrons. The third-order valence-electron chi connectivity index (χ3n) is 8.94. The van der Waals surface area contributed by atoms with Crippen LogP contribution < -0.4 is 11.2 Å². The van der Waals surface area contributed by atoms with Crippen molar-refractivity contribution >= 4 is 40.6 Å². The Hall–Kier alpha value is -5.18. The summed E-state index contributed by atoms with van der Waals surface area (Å²) in [6.07, 6.45) is 5.00. The van der Waals surface area contributed by atoms with Crippen molar-refractivity contribution in [2.75, 3.05) is 12.3 Å². The molecule has 0 aliphatic carbocycles. The molecule has 2 aliphatic heterocycles. The van der Waals surface area contributed by atoms with Crippen molar-refractivity contribution in [1.82, 2.24) is 4.90 Å². The predicted octanol–water partition coefficient (Wildman–Crippen LogP) is 7.67. The third-order valence-corrected chi connectivity index (χ3v) is 8.94. The standard InChI is InChI=1S/C37H37FN6O2/c1-4-30-32(24-14-15-26(21(2)40)28(41)20-24)34-29(12-8-16-39)42-17-18-43-37(34)44(30)22(3)36-33(23-9-7-10-25(38)19-23)35(45)27-11-5-6-13-31(27)46-36/h5-7,9-11,13-17,19-20,22,30,32,39-40H,4,8,12,18,41H2,1-3H3. The van der Waals surface area contributed by atoms with Crippen molar-refractivity contribution < 1.29 is 8.81 Å². The molecule has 1 fully saturated rings. The number of nitrogens with one attached hydrogen (secondary N) is 2. The number of nitrogen functional groups attached to an aromatic ring is 1. The number of benzene rings is 3. The lowest BCUT2D eigenvalue weighted by molar-refractivity contribution is 0.228. The number of para-hydroxylation sites is 1. The molecule has 8 nitrogen and oxygen atoms in total. The van der Waals surface area contributed by atoms with Gasteiger partial charge in [-0.25, -0.2) is 4.39 Å². The van der Waals surface area contributed by atoms with E-state index in [9.17, 15) is 9.18 Å². The summed E-state index contributed by atoms with van der Waals surface area (Å²) in [5.41, 5.74) is 11.9. The summed E-state index contributed by atoms with van der Waals surface area (Å²) < 4.78 is 21.2. The summed E-state index contributed by atoms with van der Waals surface area (Å²) in [6.45, 7) is 6.20. The largest absolute Gasteiger partial charge is 0.458 e. The van der Waals surface area contributed by atoms with Crippen LogP contribution in [0.1, 0.15) is 68.9 Å². The molecule has 4 N–H and O–H groups in total. The Morgan fingerprint density at radius 2 is 1.98 bits per heavy atom. The number of hydrogen-bond donors (Lipinski definition) is 3. The molecule has 3 unspecified atom stereocenters. The molecule has 3 aromatic carbocycles. The van der Waals surface area contributed by atoms with Gasteiger partial charge in [-0.1, -0.05) is 43.3 Å². The maximum absolute atomic E-state index is 14.6. The molecule has 9 heteroatoms. The highest BCUT2D eigenvalue weighted by molar-refractivity contribution is 6.05. The van der Waals surface area contributed by atoms with Gasteiger partial charge in [0, 0.05) is 46.4 Å². The van der Waals surface area contributed by atoms with Crippen molar-refractivity contribution in [3.63, 3.8) is 0 Å². The van der Waals surface area contributed by atoms with Crippen molar-refractivity contribution in [3.8, 4) is 11.1 Å². The van der Waals surface area contributed by atoms with Crippen LogP contribution in [0.25, 0.3) is 22.1 Å². The van der Waals surface area contributed by atoms with Gasteiger partial charge in [0.15, 0.2) is 0 Å². The van der Waals surface area contributed by atoms with Crippen LogP contribution in [0.5, 0.6) is 0 Å². The molecular weight excluding hydrogens is 579 g/mol. The van der Waals surface area contributed by atoms with Gasteiger partial charge in [-0.2, -0.15) is 0 Å². The van der Waals surface area contributed by atoms with Crippen LogP contribution in [-0.4, -0.2) is 41.5 Å². The second-order valence-corrected chi connectivity index (χ2v) is 11.8. The molecule has 4 aromatic rings. The molecule has 3 atom stereocenters. The van der Waals surface area contributed by atoms with Gasteiger partial charge in [0.05, 0.1) is 23.5 Å². The zero-order valence-electron chi connectivity index (χ0n) is 26.2. The van der Waals surface area contributed by atoms with Gasteiger partial charge in [0.25, 0.3) is 0 Å². The summed E-state index contributed by atoms with van der Waals surface area (Å²) in [5.74, 6) is 0.558. The Bertz CT molecular complexity index is 2010. The van der Waals surface area contributed by atoms with E-state index in [2.05, 4.69) is 11.8 Å². The monoisotopic (exact) mass is 616 g/mol. The lowest BCUT2D eigenvalue weighted by Crippen LogP contribution is -2.37. The number of likely N-dealkylation sites (tertiary alicyclic amines) is 1. The zero-order chi connectivity index (χ0) is 32.5. The SMILES string of the molecule is CCC1C(c2ccc(C(C)=N)c(N)c2)C2=C(CCC=N)N=CCN=C2N1C(C)c1oc2ccccc2c(=O)c1-c1cccc(F)c1. The summed E-state index contributed by atoms with van der Waals surface area (Å²) in [7, 11) is 0. The van der Waals surface area contributed by atoms with Gasteiger partial charge >= 0.3 is 0 Å². The second kappa shape index (κ2) is 12.7. The lowest BCUT2D eigenvalue weighted by atomic mass is 9.84. The average molecular weight is 617 g/mol. The molecule has 1 saturated heterocycles. The number of anilines is 1. The van der Waals surface area contributed by atoms with E-state index in [4.69, 9.17) is 31.0 Å². The van der Waals surface area contributed by atoms with Crippen molar-refractivity contribution in [1.29, 1.82) is 10.8 Å². The summed E-state index contributed by atoms with van der Waals surface area (Å²) in [6, 6.07) is 18.4. The maximum Gasteiger partial charge on any atom is 0.200 e. The highest BCUT2D eigenvalue weighted by Gasteiger charge is 2.47. The Balaban J connectivity index is 1.60. The number of amidine groups is 1. The first kappa shape index (κ1) is 30.8. The van der Waals surface area contributed by atoms with Gasteiger partial charge < -0.3 is 25.9 Å². The first-order chi connectivity index (χ1) is 22.2. The third kappa shape index (κ3) is 5.36. The highest BCUT2D eigenvalue weighted by atomic mass is 19.1. The smallest absolute Gasteiger partial charge is 0.200 e. The fraction of sp³-hybridized carbons (Fsp3) is 0.270. The molecule has 46 heavy (non-hydrogen) atoms. The van der Waals surface area contributed by atoms with Crippen LogP contribution in [0, 0.1) is 16.6 Å². The van der Waals surface area contributed by atoms with E-state index in [1.165, 1.54) is 18.3 Å². The van der Waals surface area contributed by atoms with E-state index in [1.807, 2.05) is 31.2 Å². The molecule has 0 amide bonds. The van der Waals surface area contributed by atoms with Crippen LogP contribution in [0.2, 0.25) is 0 Å². The molecule has 0 bridgehead atoms. The van der Waals surface area contributed by atoms with Gasteiger partial charge in [-0.3, -0.25) is 14.8 Å². The molecule has 3 heterocycles. The van der Waals surface area contributed by atoms with E-state index in [-0.39, 0.29) is 17.4 Å². The maximum atomic E-state index is 14.6. The van der Waals surface area contributed by atoms with E-state index in [0.717, 1.165) is 29.1 Å². The van der Waals surface area contributed by atoms with Gasteiger partial charge in [0.2, 0.25) is 5.43 Å². The summed E-state index contributed by atoms with van der Waals surface area (Å²) >= 11 is 0. The number of allylic oxidation sites excluding steroid dienone is 1. The number of halogens is 1. The summed E-state index contributed by atoms with van der Waals surface area (Å²) in [4.78, 5) is 26.3. The van der Waals surface area contributed by atoms with Gasteiger partial charge in [-0.05, 0) is 80.8 Å². The molecule has 2 aliphatic rings. The first-order valence-electron chi connectivity index (χ1n) is 15.6. The minimum absolute atomic E-state index is 0.129. The average Bonchev–Trinajstić information content (AvgIpc) is 3.23. The number of rotatable bonds is 9. The van der Waals surface area contributed by atoms with E-state index < -0.39 is 11.9 Å². The van der Waals surface area contributed by atoms with Crippen molar-refractivity contribution in [2.24, 2.45) is 9.98 Å². The summed E-state index contributed by atoms with van der Waals surface area (Å²) in [5, 5.41) is 16.3. The van der Waals surface area contributed by atoms with Crippen LogP contribution in [-0.2, 0) is 0 Å². The van der Waals surface area contributed by atoms with E-state index in [1.54, 1.807) is 43.5 Å². The Morgan fingerprint density at radius 3 is 2.70 bits per heavy atom. The fourth-order valence-corrected chi connectivity index (χ4v) is 6.92. The molecule has 0 spiro atoms. The Labute approximate surface area is 267 Å². The molecule has 0 radical (unpaired) electrons. The van der Waals surface area contributed by atoms with E-state index >= 15 is 0 Å². The van der Waals surface area contributed by atoms with Gasteiger partial charge in [-0.15, -0.1) is 0 Å². The minimum atomic E-state index is -0.484. The Kier molecular flexibility index (Phi) is 8.49. The second-order valence-electron chi connectivity index (χ2n) is 11.8. The lowest BCUT2D eigenvalue weighted by Gasteiger charge is -2.34. The molecule has 0 saturated carbocycles. The number of nitrogens with two attached hydrogens (primary N) is 1. The number of hydrogen-bond acceptors (Lipinski definition) is 8. The van der Waals surface area contributed by atoms with E-state index in [0.29, 0.717) is 64.2 Å². The quantitative estimate of drug-likeness (QED) is 0.131. The number of fused-ring (bicyclic) bond motifs is 2. The van der Waals surface area contributed by atoms with Crippen molar-refractivity contribution in [2.45, 2.75) is 58.0 Å². The van der Waals surface area contributed by atoms with Crippen LogP contribution in [0.15, 0.2) is 97.2 Å². The molecule has 6 rings (SSSR count). The van der Waals surface area contributed by atoms with Crippen LogP contribution >= 0.6 is 0 Å². The van der Waals surface area contributed by atoms with Crippen LogP contribution in [0.4, 0.5) is 10.1 Å². The van der Waals surface area contributed by atoms with Crippen molar-refractivity contribution in [3.05, 3.63) is 111 Å². The number of aliphatic imine (C=N–C) groups is 2. The van der Waals surface area contributed by atoms with Crippen LogP contribution in [0.3, 0.4) is 0 Å². The molecular formula is C37H37FN6O2. The molecule has 1 aromatic heterocycles. The predicted molar refractivity (Wildman–Crippen MR) is 184 cm³/mol. The fourth-order valence-electron chi connectivity index (χ4n) is 6.92. The zero-order valence-corrected chi connectivity index (χ0v) is 26.2. The Morgan fingerprint density at radius 1 is 1.17 bits per heavy atom. The first-order valence-corrected chi connectivity index (χ1v) is 15.6. The normalized spacial score (nSPS) is 18.3. The minimum Gasteiger partial charge on any atom is -0.458 e. The topological polar surface area (TPSA) is 132 Å².